The zero-order valence-corrected chi connectivity index (χ0v) is 23.0. The number of nitrogens with one attached hydrogen (secondary N) is 1. The molecule has 12 heteroatoms. The van der Waals surface area contributed by atoms with E-state index >= 15 is 0 Å². The van der Waals surface area contributed by atoms with Gasteiger partial charge >= 0.3 is 0 Å². The summed E-state index contributed by atoms with van der Waals surface area (Å²) in [6.45, 7) is 1.67. The average molecular weight is 568 g/mol. The number of rotatable bonds is 7. The van der Waals surface area contributed by atoms with Crippen LogP contribution >= 0.6 is 0 Å². The summed E-state index contributed by atoms with van der Waals surface area (Å²) in [7, 11) is -2.25. The number of imidazole rings is 1. The maximum atomic E-state index is 14.0. The van der Waals surface area contributed by atoms with Crippen molar-refractivity contribution in [1.82, 2.24) is 29.1 Å². The monoisotopic (exact) mass is 567 g/mol. The predicted octanol–water partition coefficient (Wildman–Crippen LogP) is 2.94. The van der Waals surface area contributed by atoms with Gasteiger partial charge in [-0.05, 0) is 72.5 Å². The van der Waals surface area contributed by atoms with E-state index in [-0.39, 0.29) is 28.2 Å². The minimum absolute atomic E-state index is 0.0194. The van der Waals surface area contributed by atoms with Crippen molar-refractivity contribution in [3.63, 3.8) is 0 Å². The minimum Gasteiger partial charge on any atom is -0.366 e. The largest absolute Gasteiger partial charge is 0.366 e. The molecule has 6 rings (SSSR count). The number of benzene rings is 2. The Bertz CT molecular complexity index is 2160. The van der Waals surface area contributed by atoms with E-state index in [2.05, 4.69) is 20.1 Å². The van der Waals surface area contributed by atoms with Crippen LogP contribution in [0.25, 0.3) is 27.7 Å². The molecule has 4 heterocycles. The number of fused-ring (bicyclic) bond motifs is 2. The summed E-state index contributed by atoms with van der Waals surface area (Å²) in [4.78, 5) is 36.8. The molecule has 0 aliphatic carbocycles. The predicted molar refractivity (Wildman–Crippen MR) is 153 cm³/mol. The zero-order chi connectivity index (χ0) is 28.9. The summed E-state index contributed by atoms with van der Waals surface area (Å²) < 4.78 is 31.3. The Morgan fingerprint density at radius 1 is 1.05 bits per heavy atom. The zero-order valence-electron chi connectivity index (χ0n) is 22.2. The first-order valence-electron chi connectivity index (χ1n) is 12.7. The summed E-state index contributed by atoms with van der Waals surface area (Å²) in [5, 5.41) is 4.61. The third kappa shape index (κ3) is 4.89. The number of aromatic amines is 1. The summed E-state index contributed by atoms with van der Waals surface area (Å²) in [6.07, 6.45) is 7.21. The van der Waals surface area contributed by atoms with Crippen LogP contribution in [-0.4, -0.2) is 43.5 Å². The molecule has 0 saturated carbocycles. The molecule has 2 aromatic carbocycles. The molecule has 41 heavy (non-hydrogen) atoms. The number of nitrogens with two attached hydrogens (primary N) is 1. The fourth-order valence-corrected chi connectivity index (χ4v) is 6.63. The molecule has 1 amide bonds. The first kappa shape index (κ1) is 26.1. The van der Waals surface area contributed by atoms with Gasteiger partial charge in [-0.3, -0.25) is 14.3 Å². The normalized spacial score (nSPS) is 11.9. The van der Waals surface area contributed by atoms with Crippen LogP contribution in [0.15, 0.2) is 83.0 Å². The van der Waals surface area contributed by atoms with Crippen LogP contribution in [0.5, 0.6) is 0 Å². The first-order valence-corrected chi connectivity index (χ1v) is 14.3. The van der Waals surface area contributed by atoms with E-state index in [9.17, 15) is 18.0 Å². The second-order valence-corrected chi connectivity index (χ2v) is 11.8. The Hall–Kier alpha value is -5.10. The van der Waals surface area contributed by atoms with Crippen molar-refractivity contribution in [3.05, 3.63) is 112 Å². The molecular formula is C29H25N7O4S. The molecule has 0 saturated heterocycles. The van der Waals surface area contributed by atoms with E-state index in [1.807, 2.05) is 28.9 Å². The highest BCUT2D eigenvalue weighted by atomic mass is 32.2. The van der Waals surface area contributed by atoms with Crippen LogP contribution in [-0.2, 0) is 29.1 Å². The van der Waals surface area contributed by atoms with E-state index in [1.165, 1.54) is 16.8 Å². The van der Waals surface area contributed by atoms with Crippen molar-refractivity contribution in [2.24, 2.45) is 12.8 Å². The number of hydrogen-bond donors (Lipinski definition) is 2. The van der Waals surface area contributed by atoms with Crippen LogP contribution < -0.4 is 11.3 Å². The molecule has 6 aromatic rings. The number of carbonyl (C=O) groups is 1. The van der Waals surface area contributed by atoms with Crippen molar-refractivity contribution in [1.29, 1.82) is 0 Å². The second-order valence-electron chi connectivity index (χ2n) is 9.86. The second kappa shape index (κ2) is 9.82. The van der Waals surface area contributed by atoms with Gasteiger partial charge in [-0.25, -0.2) is 18.4 Å². The number of amides is 1. The Morgan fingerprint density at radius 3 is 2.63 bits per heavy atom. The van der Waals surface area contributed by atoms with E-state index in [1.54, 1.807) is 50.6 Å². The maximum absolute atomic E-state index is 14.0. The minimum atomic E-state index is -3.96. The van der Waals surface area contributed by atoms with Crippen molar-refractivity contribution in [3.8, 4) is 11.1 Å². The van der Waals surface area contributed by atoms with Gasteiger partial charge in [0.2, 0.25) is 5.91 Å². The number of aromatic nitrogens is 6. The molecule has 0 atom stereocenters. The molecule has 3 N–H and O–H groups in total. The lowest BCUT2D eigenvalue weighted by Gasteiger charge is -2.19. The van der Waals surface area contributed by atoms with Gasteiger partial charge < -0.3 is 15.1 Å². The number of aryl methyl sites for hydroxylation is 2. The number of pyridine rings is 1. The van der Waals surface area contributed by atoms with Gasteiger partial charge in [-0.15, -0.1) is 0 Å². The molecule has 0 unspecified atom stereocenters. The Kier molecular flexibility index (Phi) is 6.26. The summed E-state index contributed by atoms with van der Waals surface area (Å²) in [6, 6.07) is 13.2. The number of H-pyrrole nitrogens is 1. The van der Waals surface area contributed by atoms with Crippen LogP contribution in [0.3, 0.4) is 0 Å². The molecule has 0 spiro atoms. The molecule has 0 radical (unpaired) electrons. The van der Waals surface area contributed by atoms with Gasteiger partial charge in [-0.2, -0.15) is 5.10 Å². The van der Waals surface area contributed by atoms with E-state index in [0.29, 0.717) is 44.8 Å². The van der Waals surface area contributed by atoms with E-state index in [4.69, 9.17) is 5.73 Å². The average Bonchev–Trinajstić information content (AvgIpc) is 3.55. The Labute approximate surface area is 234 Å². The molecule has 0 fully saturated rings. The summed E-state index contributed by atoms with van der Waals surface area (Å²) >= 11 is 0. The lowest BCUT2D eigenvalue weighted by atomic mass is 9.90. The highest BCUT2D eigenvalue weighted by Gasteiger charge is 2.27. The first-order chi connectivity index (χ1) is 19.6. The number of sulfone groups is 1. The quantitative estimate of drug-likeness (QED) is 0.300. The van der Waals surface area contributed by atoms with Crippen molar-refractivity contribution in [2.75, 3.05) is 0 Å². The van der Waals surface area contributed by atoms with Gasteiger partial charge in [0.15, 0.2) is 9.84 Å². The molecule has 4 aromatic heterocycles. The van der Waals surface area contributed by atoms with Gasteiger partial charge in [-0.1, -0.05) is 6.07 Å². The Morgan fingerprint density at radius 2 is 1.88 bits per heavy atom. The highest BCUT2D eigenvalue weighted by Crippen LogP contribution is 2.37. The number of nitrogens with zero attached hydrogens (tertiary/aromatic N) is 5. The lowest BCUT2D eigenvalue weighted by Crippen LogP contribution is -2.17. The van der Waals surface area contributed by atoms with Gasteiger partial charge in [0.25, 0.3) is 5.56 Å². The maximum Gasteiger partial charge on any atom is 0.258 e. The molecule has 0 aliphatic heterocycles. The smallest absolute Gasteiger partial charge is 0.258 e. The van der Waals surface area contributed by atoms with Gasteiger partial charge in [0.05, 0.1) is 27.2 Å². The standard InChI is InChI=1S/C29H25N7O4S/c1-17-32-24-15-19(3-4-22(24)29(38)33-17)27-23(13-18-7-11-36-12-9-31-26(36)14-18)21(28(30)37)5-6-25(27)41(39,40)16-20-8-10-35(2)34-20/h3-12,14-15H,13,16H2,1-2H3,(H2,30,37)(H,32,33,38). The Balaban J connectivity index is 1.63. The van der Waals surface area contributed by atoms with Gasteiger partial charge in [0, 0.05) is 43.0 Å². The summed E-state index contributed by atoms with van der Waals surface area (Å²) in [5.41, 5.74) is 9.24. The highest BCUT2D eigenvalue weighted by molar-refractivity contribution is 7.90. The third-order valence-electron chi connectivity index (χ3n) is 6.94. The topological polar surface area (TPSA) is 158 Å². The van der Waals surface area contributed by atoms with Crippen LogP contribution in [0, 0.1) is 6.92 Å². The molecule has 0 aliphatic rings. The fraction of sp³-hybridized carbons (Fsp3) is 0.138. The lowest BCUT2D eigenvalue weighted by molar-refractivity contribution is 0.0999. The number of hydrogen-bond acceptors (Lipinski definition) is 7. The van der Waals surface area contributed by atoms with Crippen molar-refractivity contribution < 1.29 is 13.2 Å². The number of carbonyl (C=O) groups excluding carboxylic acids is 1. The third-order valence-corrected chi connectivity index (χ3v) is 8.62. The molecule has 11 nitrogen and oxygen atoms in total. The molecule has 206 valence electrons. The van der Waals surface area contributed by atoms with Gasteiger partial charge in [0.1, 0.15) is 11.5 Å². The summed E-state index contributed by atoms with van der Waals surface area (Å²) in [5.74, 6) is -0.620. The van der Waals surface area contributed by atoms with E-state index in [0.717, 1.165) is 5.56 Å². The molecule has 0 bridgehead atoms. The van der Waals surface area contributed by atoms with Crippen molar-refractivity contribution in [2.45, 2.75) is 24.0 Å². The van der Waals surface area contributed by atoms with Crippen LogP contribution in [0.1, 0.15) is 33.0 Å². The fourth-order valence-electron chi connectivity index (χ4n) is 5.11. The number of primary amides is 1. The van der Waals surface area contributed by atoms with Crippen molar-refractivity contribution >= 4 is 32.3 Å². The molecular weight excluding hydrogens is 542 g/mol. The SMILES string of the molecule is Cc1nc2cc(-c3c(S(=O)(=O)Cc4ccn(C)n4)ccc(C(N)=O)c3Cc3ccn4ccnc4c3)ccc2c(=O)[nH]1. The van der Waals surface area contributed by atoms with Crippen LogP contribution in [0.2, 0.25) is 0 Å². The van der Waals surface area contributed by atoms with E-state index < -0.39 is 15.7 Å². The van der Waals surface area contributed by atoms with Crippen LogP contribution in [0.4, 0.5) is 0 Å².